The quantitative estimate of drug-likeness (QED) is 0.310. The SMILES string of the molecule is C=CCCOc1ccnc(NN)c1. The number of nitrogens with zero attached hydrogens (tertiary/aromatic N) is 1. The maximum absolute atomic E-state index is 5.38. The molecule has 0 radical (unpaired) electrons. The Morgan fingerprint density at radius 1 is 1.69 bits per heavy atom. The molecule has 0 aliphatic heterocycles. The number of nitrogen functional groups attached to an aromatic ring is 1. The van der Waals surface area contributed by atoms with Crippen LogP contribution in [-0.2, 0) is 0 Å². The van der Waals surface area contributed by atoms with E-state index in [1.165, 1.54) is 0 Å². The van der Waals surface area contributed by atoms with Gasteiger partial charge in [0.2, 0.25) is 0 Å². The molecule has 0 amide bonds. The van der Waals surface area contributed by atoms with Gasteiger partial charge in [-0.15, -0.1) is 6.58 Å². The zero-order valence-corrected chi connectivity index (χ0v) is 7.36. The fourth-order valence-electron chi connectivity index (χ4n) is 0.840. The Morgan fingerprint density at radius 2 is 2.54 bits per heavy atom. The van der Waals surface area contributed by atoms with Crippen molar-refractivity contribution < 1.29 is 4.74 Å². The first-order chi connectivity index (χ1) is 6.36. The molecule has 13 heavy (non-hydrogen) atoms. The van der Waals surface area contributed by atoms with Crippen molar-refractivity contribution in [3.8, 4) is 5.75 Å². The minimum Gasteiger partial charge on any atom is -0.493 e. The van der Waals surface area contributed by atoms with Crippen LogP contribution in [0.15, 0.2) is 31.0 Å². The minimum atomic E-state index is 0.594. The Labute approximate surface area is 77.4 Å². The van der Waals surface area contributed by atoms with E-state index < -0.39 is 0 Å². The predicted molar refractivity (Wildman–Crippen MR) is 52.4 cm³/mol. The summed E-state index contributed by atoms with van der Waals surface area (Å²) in [6, 6.07) is 3.52. The standard InChI is InChI=1S/C9H13N3O/c1-2-3-6-13-8-4-5-11-9(7-8)12-10/h2,4-5,7H,1,3,6,10H2,(H,11,12). The highest BCUT2D eigenvalue weighted by Crippen LogP contribution is 2.13. The van der Waals surface area contributed by atoms with Crippen molar-refractivity contribution in [3.05, 3.63) is 31.0 Å². The summed E-state index contributed by atoms with van der Waals surface area (Å²) in [4.78, 5) is 3.95. The highest BCUT2D eigenvalue weighted by Gasteiger charge is 1.94. The van der Waals surface area contributed by atoms with E-state index in [1.807, 2.05) is 6.08 Å². The molecule has 1 heterocycles. The second-order valence-electron chi connectivity index (χ2n) is 2.45. The molecule has 0 aliphatic carbocycles. The smallest absolute Gasteiger partial charge is 0.143 e. The van der Waals surface area contributed by atoms with Gasteiger partial charge in [-0.3, -0.25) is 0 Å². The number of pyridine rings is 1. The fraction of sp³-hybridized carbons (Fsp3) is 0.222. The van der Waals surface area contributed by atoms with E-state index in [4.69, 9.17) is 10.6 Å². The van der Waals surface area contributed by atoms with Crippen molar-refractivity contribution in [2.24, 2.45) is 5.84 Å². The van der Waals surface area contributed by atoms with Gasteiger partial charge >= 0.3 is 0 Å². The van der Waals surface area contributed by atoms with Crippen LogP contribution in [0.2, 0.25) is 0 Å². The summed E-state index contributed by atoms with van der Waals surface area (Å²) < 4.78 is 5.38. The van der Waals surface area contributed by atoms with Gasteiger partial charge in [0.05, 0.1) is 6.61 Å². The first-order valence-corrected chi connectivity index (χ1v) is 4.03. The van der Waals surface area contributed by atoms with Crippen molar-refractivity contribution in [3.63, 3.8) is 0 Å². The number of rotatable bonds is 5. The van der Waals surface area contributed by atoms with E-state index in [0.717, 1.165) is 12.2 Å². The van der Waals surface area contributed by atoms with Gasteiger partial charge < -0.3 is 10.2 Å². The monoisotopic (exact) mass is 179 g/mol. The Bertz CT molecular complexity index is 275. The van der Waals surface area contributed by atoms with E-state index in [0.29, 0.717) is 12.4 Å². The van der Waals surface area contributed by atoms with Crippen molar-refractivity contribution in [2.45, 2.75) is 6.42 Å². The van der Waals surface area contributed by atoms with E-state index in [1.54, 1.807) is 18.3 Å². The number of anilines is 1. The number of aromatic nitrogens is 1. The molecule has 1 aromatic heterocycles. The number of nitrogens with two attached hydrogens (primary N) is 1. The minimum absolute atomic E-state index is 0.594. The average molecular weight is 179 g/mol. The maximum Gasteiger partial charge on any atom is 0.143 e. The first kappa shape index (κ1) is 9.54. The third kappa shape index (κ3) is 3.13. The number of ether oxygens (including phenoxy) is 1. The molecule has 1 rings (SSSR count). The van der Waals surface area contributed by atoms with Crippen LogP contribution in [0.4, 0.5) is 5.82 Å². The summed E-state index contributed by atoms with van der Waals surface area (Å²) in [5.41, 5.74) is 2.45. The molecule has 4 nitrogen and oxygen atoms in total. The molecule has 4 heteroatoms. The molecule has 0 fully saturated rings. The van der Waals surface area contributed by atoms with Crippen LogP contribution < -0.4 is 16.0 Å². The van der Waals surface area contributed by atoms with Gasteiger partial charge in [0.1, 0.15) is 11.6 Å². The van der Waals surface area contributed by atoms with Crippen LogP contribution in [0, 0.1) is 0 Å². The third-order valence-electron chi connectivity index (χ3n) is 1.47. The predicted octanol–water partition coefficient (Wildman–Crippen LogP) is 1.32. The fourth-order valence-corrected chi connectivity index (χ4v) is 0.840. The number of hydrogen-bond acceptors (Lipinski definition) is 4. The lowest BCUT2D eigenvalue weighted by atomic mass is 10.4. The summed E-state index contributed by atoms with van der Waals surface area (Å²) in [6.07, 6.45) is 4.27. The van der Waals surface area contributed by atoms with Crippen LogP contribution >= 0.6 is 0 Å². The van der Waals surface area contributed by atoms with Gasteiger partial charge in [-0.05, 0) is 12.5 Å². The molecular weight excluding hydrogens is 166 g/mol. The Balaban J connectivity index is 2.50. The third-order valence-corrected chi connectivity index (χ3v) is 1.47. The lowest BCUT2D eigenvalue weighted by Gasteiger charge is -2.05. The van der Waals surface area contributed by atoms with Crippen LogP contribution in [0.5, 0.6) is 5.75 Å². The van der Waals surface area contributed by atoms with Crippen molar-refractivity contribution in [1.29, 1.82) is 0 Å². The number of hydrazine groups is 1. The zero-order chi connectivity index (χ0) is 9.52. The molecule has 0 aliphatic rings. The van der Waals surface area contributed by atoms with Crippen molar-refractivity contribution in [2.75, 3.05) is 12.0 Å². The van der Waals surface area contributed by atoms with E-state index in [-0.39, 0.29) is 0 Å². The van der Waals surface area contributed by atoms with E-state index in [2.05, 4.69) is 17.0 Å². The molecule has 1 aromatic rings. The molecule has 70 valence electrons. The van der Waals surface area contributed by atoms with E-state index >= 15 is 0 Å². The van der Waals surface area contributed by atoms with Crippen molar-refractivity contribution >= 4 is 5.82 Å². The molecular formula is C9H13N3O. The largest absolute Gasteiger partial charge is 0.493 e. The molecule has 0 aromatic carbocycles. The Kier molecular flexibility index (Phi) is 3.78. The first-order valence-electron chi connectivity index (χ1n) is 4.03. The summed E-state index contributed by atoms with van der Waals surface area (Å²) in [7, 11) is 0. The van der Waals surface area contributed by atoms with Gasteiger partial charge in [0.15, 0.2) is 0 Å². The van der Waals surface area contributed by atoms with Gasteiger partial charge in [0, 0.05) is 12.3 Å². The van der Waals surface area contributed by atoms with Gasteiger partial charge in [-0.25, -0.2) is 10.8 Å². The number of hydrogen-bond donors (Lipinski definition) is 2. The lowest BCUT2D eigenvalue weighted by molar-refractivity contribution is 0.325. The van der Waals surface area contributed by atoms with Gasteiger partial charge in [-0.2, -0.15) is 0 Å². The normalized spacial score (nSPS) is 9.31. The molecule has 0 saturated carbocycles. The second kappa shape index (κ2) is 5.16. The zero-order valence-electron chi connectivity index (χ0n) is 7.36. The molecule has 0 bridgehead atoms. The molecule has 0 spiro atoms. The molecule has 0 saturated heterocycles. The van der Waals surface area contributed by atoms with Crippen LogP contribution in [0.3, 0.4) is 0 Å². The second-order valence-corrected chi connectivity index (χ2v) is 2.45. The topological polar surface area (TPSA) is 60.2 Å². The lowest BCUT2D eigenvalue weighted by Crippen LogP contribution is -2.08. The van der Waals surface area contributed by atoms with Crippen LogP contribution in [0.1, 0.15) is 6.42 Å². The number of nitrogens with one attached hydrogen (secondary N) is 1. The summed E-state index contributed by atoms with van der Waals surface area (Å²) >= 11 is 0. The van der Waals surface area contributed by atoms with Gasteiger partial charge in [-0.1, -0.05) is 6.08 Å². The summed E-state index contributed by atoms with van der Waals surface area (Å²) in [5, 5.41) is 0. The molecule has 3 N–H and O–H groups in total. The Morgan fingerprint density at radius 3 is 3.23 bits per heavy atom. The molecule has 0 atom stereocenters. The van der Waals surface area contributed by atoms with Crippen LogP contribution in [-0.4, -0.2) is 11.6 Å². The molecule has 0 unspecified atom stereocenters. The highest BCUT2D eigenvalue weighted by molar-refractivity contribution is 5.39. The van der Waals surface area contributed by atoms with Gasteiger partial charge in [0.25, 0.3) is 0 Å². The summed E-state index contributed by atoms with van der Waals surface area (Å²) in [5.74, 6) is 6.54. The highest BCUT2D eigenvalue weighted by atomic mass is 16.5. The maximum atomic E-state index is 5.38. The van der Waals surface area contributed by atoms with Crippen LogP contribution in [0.25, 0.3) is 0 Å². The van der Waals surface area contributed by atoms with E-state index in [9.17, 15) is 0 Å². The van der Waals surface area contributed by atoms with Crippen molar-refractivity contribution in [1.82, 2.24) is 4.98 Å². The average Bonchev–Trinajstić information content (AvgIpc) is 2.19. The summed E-state index contributed by atoms with van der Waals surface area (Å²) in [6.45, 7) is 4.22. The Hall–Kier alpha value is -1.55.